The molecule has 2 rings (SSSR count). The van der Waals surface area contributed by atoms with E-state index in [9.17, 15) is 0 Å². The molecule has 142 valence electrons. The smallest absolute Gasteiger partial charge is 0.203 e. The van der Waals surface area contributed by atoms with E-state index in [2.05, 4.69) is 20.7 Å². The zero-order chi connectivity index (χ0) is 19.3. The molecule has 0 bridgehead atoms. The van der Waals surface area contributed by atoms with Gasteiger partial charge in [0, 0.05) is 0 Å². The van der Waals surface area contributed by atoms with E-state index in [0.29, 0.717) is 18.4 Å². The fourth-order valence-corrected chi connectivity index (χ4v) is 2.33. The van der Waals surface area contributed by atoms with Crippen LogP contribution in [0.2, 0.25) is 0 Å². The van der Waals surface area contributed by atoms with Crippen LogP contribution in [0, 0.1) is 0 Å². The SMILES string of the molecule is CCOc1ccc(C=NN=C(NN=Cc2ccc(OCC)cc2)SC)cc1. The maximum Gasteiger partial charge on any atom is 0.203 e. The number of amidine groups is 1. The summed E-state index contributed by atoms with van der Waals surface area (Å²) in [4.78, 5) is 0. The fourth-order valence-electron chi connectivity index (χ4n) is 2.05. The topological polar surface area (TPSA) is 67.6 Å². The van der Waals surface area contributed by atoms with Gasteiger partial charge in [-0.05, 0) is 79.8 Å². The van der Waals surface area contributed by atoms with E-state index < -0.39 is 0 Å². The van der Waals surface area contributed by atoms with Gasteiger partial charge in [0.2, 0.25) is 5.17 Å². The van der Waals surface area contributed by atoms with Crippen LogP contribution in [0.5, 0.6) is 11.5 Å². The first kappa shape index (κ1) is 20.5. The van der Waals surface area contributed by atoms with E-state index in [4.69, 9.17) is 9.47 Å². The Morgan fingerprint density at radius 3 is 1.89 bits per heavy atom. The number of ether oxygens (including phenoxy) is 2. The molecule has 0 saturated carbocycles. The lowest BCUT2D eigenvalue weighted by molar-refractivity contribution is 0.340. The predicted octanol–water partition coefficient (Wildman–Crippen LogP) is 4.16. The summed E-state index contributed by atoms with van der Waals surface area (Å²) in [6.07, 6.45) is 5.31. The van der Waals surface area contributed by atoms with Gasteiger partial charge in [-0.1, -0.05) is 11.8 Å². The summed E-state index contributed by atoms with van der Waals surface area (Å²) in [5.74, 6) is 1.69. The molecule has 6 nitrogen and oxygen atoms in total. The van der Waals surface area contributed by atoms with E-state index >= 15 is 0 Å². The van der Waals surface area contributed by atoms with Crippen molar-refractivity contribution in [3.63, 3.8) is 0 Å². The molecule has 0 amide bonds. The van der Waals surface area contributed by atoms with Gasteiger partial charge in [0.05, 0.1) is 25.6 Å². The Morgan fingerprint density at radius 2 is 1.41 bits per heavy atom. The fraction of sp³-hybridized carbons (Fsp3) is 0.250. The Labute approximate surface area is 164 Å². The molecular formula is C20H24N4O2S. The molecule has 1 N–H and O–H groups in total. The molecule has 27 heavy (non-hydrogen) atoms. The highest BCUT2D eigenvalue weighted by molar-refractivity contribution is 8.13. The zero-order valence-corrected chi connectivity index (χ0v) is 16.6. The van der Waals surface area contributed by atoms with Gasteiger partial charge in [-0.15, -0.1) is 5.10 Å². The molecule has 0 fully saturated rings. The maximum atomic E-state index is 5.41. The van der Waals surface area contributed by atoms with E-state index in [1.807, 2.05) is 68.6 Å². The predicted molar refractivity (Wildman–Crippen MR) is 114 cm³/mol. The third-order valence-electron chi connectivity index (χ3n) is 3.30. The van der Waals surface area contributed by atoms with Crippen molar-refractivity contribution in [2.24, 2.45) is 15.3 Å². The third-order valence-corrected chi connectivity index (χ3v) is 3.86. The number of hydrazone groups is 1. The summed E-state index contributed by atoms with van der Waals surface area (Å²) in [6.45, 7) is 5.22. The number of thioether (sulfide) groups is 1. The molecule has 2 aromatic carbocycles. The summed E-state index contributed by atoms with van der Waals surface area (Å²) in [5, 5.41) is 13.0. The average Bonchev–Trinajstić information content (AvgIpc) is 2.70. The number of hydrogen-bond donors (Lipinski definition) is 1. The average molecular weight is 385 g/mol. The quantitative estimate of drug-likeness (QED) is 0.422. The summed E-state index contributed by atoms with van der Waals surface area (Å²) < 4.78 is 10.8. The van der Waals surface area contributed by atoms with Gasteiger partial charge >= 0.3 is 0 Å². The van der Waals surface area contributed by atoms with Crippen LogP contribution in [0.4, 0.5) is 0 Å². The molecule has 7 heteroatoms. The van der Waals surface area contributed by atoms with Gasteiger partial charge < -0.3 is 9.47 Å². The van der Waals surface area contributed by atoms with Gasteiger partial charge in [-0.25, -0.2) is 0 Å². The van der Waals surface area contributed by atoms with Crippen molar-refractivity contribution in [1.82, 2.24) is 5.43 Å². The van der Waals surface area contributed by atoms with Crippen molar-refractivity contribution in [2.45, 2.75) is 13.8 Å². The first-order valence-electron chi connectivity index (χ1n) is 8.65. The van der Waals surface area contributed by atoms with Crippen LogP contribution in [0.25, 0.3) is 0 Å². The number of nitrogens with zero attached hydrogens (tertiary/aromatic N) is 3. The Kier molecular flexibility index (Phi) is 8.92. The zero-order valence-electron chi connectivity index (χ0n) is 15.8. The van der Waals surface area contributed by atoms with Gasteiger partial charge in [0.1, 0.15) is 11.5 Å². The highest BCUT2D eigenvalue weighted by Crippen LogP contribution is 2.11. The van der Waals surface area contributed by atoms with E-state index in [1.54, 1.807) is 12.4 Å². The van der Waals surface area contributed by atoms with E-state index in [0.717, 1.165) is 22.6 Å². The summed E-state index contributed by atoms with van der Waals surface area (Å²) in [6, 6.07) is 15.4. The van der Waals surface area contributed by atoms with Crippen molar-refractivity contribution in [3.05, 3.63) is 59.7 Å². The second kappa shape index (κ2) is 11.7. The molecule has 0 aliphatic rings. The Morgan fingerprint density at radius 1 is 0.889 bits per heavy atom. The van der Waals surface area contributed by atoms with Crippen LogP contribution in [-0.4, -0.2) is 37.1 Å². The molecule has 2 aromatic rings. The number of benzene rings is 2. The molecule has 0 radical (unpaired) electrons. The van der Waals surface area contributed by atoms with Crippen LogP contribution >= 0.6 is 11.8 Å². The molecule has 0 atom stereocenters. The largest absolute Gasteiger partial charge is 0.494 e. The minimum absolute atomic E-state index is 0.597. The third kappa shape index (κ3) is 7.53. The summed E-state index contributed by atoms with van der Waals surface area (Å²) in [5.41, 5.74) is 4.79. The molecule has 0 spiro atoms. The van der Waals surface area contributed by atoms with Crippen molar-refractivity contribution in [3.8, 4) is 11.5 Å². The van der Waals surface area contributed by atoms with Crippen molar-refractivity contribution in [1.29, 1.82) is 0 Å². The molecule has 0 saturated heterocycles. The molecule has 0 aliphatic carbocycles. The lowest BCUT2D eigenvalue weighted by atomic mass is 10.2. The number of hydrogen-bond acceptors (Lipinski definition) is 6. The Balaban J connectivity index is 1.89. The first-order valence-corrected chi connectivity index (χ1v) is 9.87. The molecule has 0 unspecified atom stereocenters. The van der Waals surface area contributed by atoms with Crippen molar-refractivity contribution >= 4 is 29.4 Å². The highest BCUT2D eigenvalue weighted by atomic mass is 32.2. The minimum atomic E-state index is 0.597. The van der Waals surface area contributed by atoms with E-state index in [-0.39, 0.29) is 0 Å². The molecule has 0 heterocycles. The van der Waals surface area contributed by atoms with Gasteiger partial charge in [-0.2, -0.15) is 10.2 Å². The lowest BCUT2D eigenvalue weighted by Crippen LogP contribution is -2.13. The standard InChI is InChI=1S/C20H24N4O2S/c1-4-25-18-10-6-16(7-11-18)14-21-23-20(27-3)24-22-15-17-8-12-19(13-9-17)26-5-2/h6-15H,4-5H2,1-3H3,(H,23,24). The Hall–Kier alpha value is -2.80. The maximum absolute atomic E-state index is 5.41. The summed E-state index contributed by atoms with van der Waals surface area (Å²) in [7, 11) is 0. The van der Waals surface area contributed by atoms with Crippen LogP contribution in [0.15, 0.2) is 63.8 Å². The number of rotatable bonds is 8. The molecule has 0 aromatic heterocycles. The van der Waals surface area contributed by atoms with Crippen LogP contribution in [0.3, 0.4) is 0 Å². The normalized spacial score (nSPS) is 11.9. The Bertz CT molecular complexity index is 772. The second-order valence-corrected chi connectivity index (χ2v) is 6.02. The highest BCUT2D eigenvalue weighted by Gasteiger charge is 1.95. The lowest BCUT2D eigenvalue weighted by Gasteiger charge is -2.02. The molecular weight excluding hydrogens is 360 g/mol. The van der Waals surface area contributed by atoms with E-state index in [1.165, 1.54) is 11.8 Å². The van der Waals surface area contributed by atoms with Gasteiger partial charge in [0.25, 0.3) is 0 Å². The van der Waals surface area contributed by atoms with Crippen LogP contribution < -0.4 is 14.9 Å². The monoisotopic (exact) mass is 384 g/mol. The molecule has 0 aliphatic heterocycles. The minimum Gasteiger partial charge on any atom is -0.494 e. The first-order chi connectivity index (χ1) is 13.2. The van der Waals surface area contributed by atoms with Gasteiger partial charge in [0.15, 0.2) is 0 Å². The second-order valence-electron chi connectivity index (χ2n) is 5.23. The van der Waals surface area contributed by atoms with Gasteiger partial charge in [-0.3, -0.25) is 5.43 Å². The van der Waals surface area contributed by atoms with Crippen LogP contribution in [-0.2, 0) is 0 Å². The van der Waals surface area contributed by atoms with Crippen molar-refractivity contribution < 1.29 is 9.47 Å². The van der Waals surface area contributed by atoms with Crippen molar-refractivity contribution in [2.75, 3.05) is 19.5 Å². The van der Waals surface area contributed by atoms with Crippen LogP contribution in [0.1, 0.15) is 25.0 Å². The summed E-state index contributed by atoms with van der Waals surface area (Å²) >= 11 is 1.43. The number of nitrogens with one attached hydrogen (secondary N) is 1.